The first-order valence-electron chi connectivity index (χ1n) is 11.1. The lowest BCUT2D eigenvalue weighted by Crippen LogP contribution is -2.38. The lowest BCUT2D eigenvalue weighted by atomic mass is 9.81. The Balaban J connectivity index is 1.64. The molecular weight excluding hydrogens is 474 g/mol. The Kier molecular flexibility index (Phi) is 7.23. The number of nitrogens with zero attached hydrogens (tertiary/aromatic N) is 2. The van der Waals surface area contributed by atoms with E-state index in [1.54, 1.807) is 12.5 Å². The van der Waals surface area contributed by atoms with E-state index in [1.807, 2.05) is 41.1 Å². The van der Waals surface area contributed by atoms with Crippen LogP contribution in [0.5, 0.6) is 0 Å². The van der Waals surface area contributed by atoms with E-state index in [9.17, 15) is 26.3 Å². The fraction of sp³-hybridized carbons (Fsp3) is 0.400. The molecule has 3 aromatic rings. The normalized spacial score (nSPS) is 22.2. The lowest BCUT2D eigenvalue weighted by molar-refractivity contribution is -0.210. The number of rotatable bonds is 6. The van der Waals surface area contributed by atoms with Crippen molar-refractivity contribution in [3.63, 3.8) is 0 Å². The molecular formula is C25H24F6N2O2. The summed E-state index contributed by atoms with van der Waals surface area (Å²) in [5.74, 6) is -0.243. The Morgan fingerprint density at radius 1 is 1.03 bits per heavy atom. The quantitative estimate of drug-likeness (QED) is 0.349. The molecule has 1 aromatic heterocycles. The average molecular weight is 498 g/mol. The van der Waals surface area contributed by atoms with E-state index in [4.69, 9.17) is 9.47 Å². The molecule has 188 valence electrons. The molecule has 2 heterocycles. The highest BCUT2D eigenvalue weighted by Gasteiger charge is 2.40. The van der Waals surface area contributed by atoms with E-state index in [0.29, 0.717) is 31.7 Å². The van der Waals surface area contributed by atoms with Crippen LogP contribution in [-0.2, 0) is 28.4 Å². The monoisotopic (exact) mass is 498 g/mol. The molecule has 0 amide bonds. The lowest BCUT2D eigenvalue weighted by Gasteiger charge is -2.39. The fourth-order valence-electron chi connectivity index (χ4n) is 4.43. The van der Waals surface area contributed by atoms with Crippen LogP contribution in [0.2, 0.25) is 0 Å². The molecule has 0 radical (unpaired) electrons. The molecule has 4 atom stereocenters. The first-order chi connectivity index (χ1) is 16.5. The van der Waals surface area contributed by atoms with Crippen molar-refractivity contribution in [1.82, 2.24) is 9.55 Å². The topological polar surface area (TPSA) is 36.3 Å². The molecule has 10 heteroatoms. The Bertz CT molecular complexity index is 1070. The van der Waals surface area contributed by atoms with Gasteiger partial charge >= 0.3 is 12.4 Å². The molecule has 4 rings (SSSR count). The van der Waals surface area contributed by atoms with Crippen LogP contribution in [-0.4, -0.2) is 22.4 Å². The number of imidazole rings is 1. The smallest absolute Gasteiger partial charge is 0.352 e. The van der Waals surface area contributed by atoms with Crippen molar-refractivity contribution in [2.24, 2.45) is 5.92 Å². The molecule has 0 saturated carbocycles. The minimum Gasteiger partial charge on any atom is -0.352 e. The predicted octanol–water partition coefficient (Wildman–Crippen LogP) is 6.84. The maximum atomic E-state index is 13.3. The van der Waals surface area contributed by atoms with Crippen molar-refractivity contribution in [1.29, 1.82) is 0 Å². The standard InChI is InChI=1S/C25H24F6N2O2/c1-16(19-11-20(24(26,27)28)13-21(12-19)25(29,30)31)35-23-22(17-5-3-2-4-6-17)18(7-10-34-23)14-33-9-8-32-15-33/h2-6,8-9,11-13,15-16,18,22-23H,7,10,14H2,1H3/t16-,18-,22-,23-/m1/s1. The average Bonchev–Trinajstić information content (AvgIpc) is 3.31. The highest BCUT2D eigenvalue weighted by molar-refractivity contribution is 5.34. The van der Waals surface area contributed by atoms with Gasteiger partial charge in [0.25, 0.3) is 0 Å². The SMILES string of the molecule is C[C@@H](O[C@H]1OCC[C@H](Cn2ccnc2)[C@H]1c1ccccc1)c1cc(C(F)(F)F)cc(C(F)(F)F)c1. The van der Waals surface area contributed by atoms with Gasteiger partial charge in [0.2, 0.25) is 0 Å². The Hall–Kier alpha value is -2.85. The number of hydrogen-bond acceptors (Lipinski definition) is 3. The fourth-order valence-corrected chi connectivity index (χ4v) is 4.43. The van der Waals surface area contributed by atoms with Crippen molar-refractivity contribution >= 4 is 0 Å². The number of hydrogen-bond donors (Lipinski definition) is 0. The molecule has 4 nitrogen and oxygen atoms in total. The molecule has 1 aliphatic rings. The summed E-state index contributed by atoms with van der Waals surface area (Å²) in [6, 6.07) is 10.9. The summed E-state index contributed by atoms with van der Waals surface area (Å²) in [7, 11) is 0. The van der Waals surface area contributed by atoms with Crippen LogP contribution in [0.1, 0.15) is 47.6 Å². The van der Waals surface area contributed by atoms with Crippen molar-refractivity contribution in [2.45, 2.75) is 50.6 Å². The predicted molar refractivity (Wildman–Crippen MR) is 115 cm³/mol. The summed E-state index contributed by atoms with van der Waals surface area (Å²) in [6.45, 7) is 2.38. The first-order valence-corrected chi connectivity index (χ1v) is 11.1. The zero-order chi connectivity index (χ0) is 25.2. The molecule has 0 aliphatic carbocycles. The highest BCUT2D eigenvalue weighted by atomic mass is 19.4. The molecule has 1 aliphatic heterocycles. The minimum absolute atomic E-state index is 0.0461. The largest absolute Gasteiger partial charge is 0.416 e. The van der Waals surface area contributed by atoms with E-state index in [1.165, 1.54) is 6.92 Å². The van der Waals surface area contributed by atoms with Gasteiger partial charge in [0.15, 0.2) is 6.29 Å². The van der Waals surface area contributed by atoms with Crippen LogP contribution in [0.3, 0.4) is 0 Å². The van der Waals surface area contributed by atoms with Crippen LogP contribution in [0.25, 0.3) is 0 Å². The Morgan fingerprint density at radius 2 is 1.69 bits per heavy atom. The van der Waals surface area contributed by atoms with E-state index < -0.39 is 35.9 Å². The molecule has 1 saturated heterocycles. The van der Waals surface area contributed by atoms with Gasteiger partial charge in [-0.25, -0.2) is 4.98 Å². The van der Waals surface area contributed by atoms with Crippen molar-refractivity contribution in [3.8, 4) is 0 Å². The Labute approximate surface area is 198 Å². The third-order valence-electron chi connectivity index (χ3n) is 6.18. The third-order valence-corrected chi connectivity index (χ3v) is 6.18. The Morgan fingerprint density at radius 3 is 2.26 bits per heavy atom. The number of ether oxygens (including phenoxy) is 2. The third kappa shape index (κ3) is 6.05. The van der Waals surface area contributed by atoms with Gasteiger partial charge in [-0.1, -0.05) is 30.3 Å². The van der Waals surface area contributed by atoms with Gasteiger partial charge < -0.3 is 14.0 Å². The van der Waals surface area contributed by atoms with Gasteiger partial charge in [-0.2, -0.15) is 26.3 Å². The molecule has 1 fully saturated rings. The van der Waals surface area contributed by atoms with E-state index in [2.05, 4.69) is 4.98 Å². The maximum Gasteiger partial charge on any atom is 0.416 e. The van der Waals surface area contributed by atoms with Gasteiger partial charge in [0.05, 0.1) is 30.2 Å². The zero-order valence-corrected chi connectivity index (χ0v) is 18.8. The summed E-state index contributed by atoms with van der Waals surface area (Å²) in [5.41, 5.74) is -2.06. The first kappa shape index (κ1) is 25.2. The highest BCUT2D eigenvalue weighted by Crippen LogP contribution is 2.41. The minimum atomic E-state index is -4.93. The number of aromatic nitrogens is 2. The van der Waals surface area contributed by atoms with Crippen LogP contribution in [0, 0.1) is 5.92 Å². The van der Waals surface area contributed by atoms with Crippen molar-refractivity contribution in [2.75, 3.05) is 6.61 Å². The van der Waals surface area contributed by atoms with Gasteiger partial charge in [-0.15, -0.1) is 0 Å². The number of halogens is 6. The van der Waals surface area contributed by atoms with Crippen molar-refractivity contribution < 1.29 is 35.8 Å². The summed E-state index contributed by atoms with van der Waals surface area (Å²) >= 11 is 0. The van der Waals surface area contributed by atoms with Crippen molar-refractivity contribution in [3.05, 3.63) is 89.5 Å². The molecule has 0 spiro atoms. The molecule has 35 heavy (non-hydrogen) atoms. The number of alkyl halides is 6. The van der Waals surface area contributed by atoms with E-state index in [0.717, 1.165) is 5.56 Å². The zero-order valence-electron chi connectivity index (χ0n) is 18.8. The van der Waals surface area contributed by atoms with Gasteiger partial charge in [-0.05, 0) is 48.6 Å². The number of benzene rings is 2. The second-order valence-electron chi connectivity index (χ2n) is 8.60. The van der Waals surface area contributed by atoms with Crippen LogP contribution in [0.15, 0.2) is 67.3 Å². The second-order valence-corrected chi connectivity index (χ2v) is 8.60. The van der Waals surface area contributed by atoms with Gasteiger partial charge in [0.1, 0.15) is 0 Å². The van der Waals surface area contributed by atoms with Crippen LogP contribution < -0.4 is 0 Å². The maximum absolute atomic E-state index is 13.3. The van der Waals surface area contributed by atoms with E-state index >= 15 is 0 Å². The molecule has 0 unspecified atom stereocenters. The summed E-state index contributed by atoms with van der Waals surface area (Å²) in [6.07, 6.45) is -5.92. The van der Waals surface area contributed by atoms with Gasteiger partial charge in [-0.3, -0.25) is 0 Å². The van der Waals surface area contributed by atoms with Crippen LogP contribution in [0.4, 0.5) is 26.3 Å². The van der Waals surface area contributed by atoms with E-state index in [-0.39, 0.29) is 23.5 Å². The molecule has 2 aromatic carbocycles. The molecule has 0 bridgehead atoms. The van der Waals surface area contributed by atoms with Crippen LogP contribution >= 0.6 is 0 Å². The summed E-state index contributed by atoms with van der Waals surface area (Å²) in [5, 5.41) is 0. The second kappa shape index (κ2) is 10.0. The summed E-state index contributed by atoms with van der Waals surface area (Å²) in [4.78, 5) is 4.07. The van der Waals surface area contributed by atoms with Gasteiger partial charge in [0, 0.05) is 24.9 Å². The molecule has 0 N–H and O–H groups in total. The summed E-state index contributed by atoms with van der Waals surface area (Å²) < 4.78 is 93.9.